The van der Waals surface area contributed by atoms with Crippen LogP contribution in [0.5, 0.6) is 0 Å². The lowest BCUT2D eigenvalue weighted by Gasteiger charge is -2.31. The van der Waals surface area contributed by atoms with E-state index < -0.39 is 5.54 Å². The number of hydrogen-bond donors (Lipinski definition) is 1. The first-order valence-electron chi connectivity index (χ1n) is 6.33. The molecule has 4 heteroatoms. The van der Waals surface area contributed by atoms with Crippen molar-refractivity contribution in [3.05, 3.63) is 35.4 Å². The highest BCUT2D eigenvalue weighted by Crippen LogP contribution is 2.43. The molecule has 0 spiro atoms. The maximum absolute atomic E-state index is 12.4. The molecule has 1 saturated heterocycles. The smallest absolute Gasteiger partial charge is 0.257 e. The van der Waals surface area contributed by atoms with Crippen molar-refractivity contribution in [1.82, 2.24) is 10.2 Å². The van der Waals surface area contributed by atoms with Gasteiger partial charge in [0.05, 0.1) is 0 Å². The average molecular weight is 244 g/mol. The minimum absolute atomic E-state index is 0.0371. The molecule has 0 saturated carbocycles. The van der Waals surface area contributed by atoms with Crippen LogP contribution in [-0.4, -0.2) is 22.3 Å². The first-order chi connectivity index (χ1) is 8.59. The van der Waals surface area contributed by atoms with Gasteiger partial charge < -0.3 is 5.32 Å². The first kappa shape index (κ1) is 11.3. The third-order valence-electron chi connectivity index (χ3n) is 3.99. The van der Waals surface area contributed by atoms with Gasteiger partial charge in [-0.1, -0.05) is 31.5 Å². The van der Waals surface area contributed by atoms with Gasteiger partial charge in [0.2, 0.25) is 5.91 Å². The zero-order valence-electron chi connectivity index (χ0n) is 10.6. The standard InChI is InChI=1S/C14H16N2O2/c1-3-8-14(2)13(18)15-11-9-6-4-5-7-10(9)12(17)16(11)14/h4-7,11H,3,8H2,1-2H3,(H,15,18). The van der Waals surface area contributed by atoms with Gasteiger partial charge in [-0.15, -0.1) is 0 Å². The Morgan fingerprint density at radius 2 is 2.06 bits per heavy atom. The predicted octanol–water partition coefficient (Wildman–Crippen LogP) is 1.83. The highest BCUT2D eigenvalue weighted by Gasteiger charge is 2.56. The molecule has 1 N–H and O–H groups in total. The van der Waals surface area contributed by atoms with Gasteiger partial charge in [-0.05, 0) is 19.4 Å². The molecule has 2 amide bonds. The second-order valence-electron chi connectivity index (χ2n) is 5.16. The van der Waals surface area contributed by atoms with E-state index in [1.807, 2.05) is 38.1 Å². The van der Waals surface area contributed by atoms with Gasteiger partial charge in [0, 0.05) is 11.1 Å². The molecule has 18 heavy (non-hydrogen) atoms. The fraction of sp³-hybridized carbons (Fsp3) is 0.429. The Morgan fingerprint density at radius 1 is 1.33 bits per heavy atom. The highest BCUT2D eigenvalue weighted by molar-refractivity contribution is 6.05. The van der Waals surface area contributed by atoms with E-state index in [1.165, 1.54) is 0 Å². The summed E-state index contributed by atoms with van der Waals surface area (Å²) in [5.74, 6) is -0.0814. The average Bonchev–Trinajstić information content (AvgIpc) is 2.77. The Hall–Kier alpha value is -1.84. The van der Waals surface area contributed by atoms with Crippen LogP contribution < -0.4 is 5.32 Å². The summed E-state index contributed by atoms with van der Waals surface area (Å²) in [5.41, 5.74) is 0.913. The van der Waals surface area contributed by atoms with Crippen molar-refractivity contribution >= 4 is 11.8 Å². The molecule has 0 aromatic heterocycles. The van der Waals surface area contributed by atoms with Crippen LogP contribution in [0.3, 0.4) is 0 Å². The Labute approximate surface area is 106 Å². The topological polar surface area (TPSA) is 49.4 Å². The van der Waals surface area contributed by atoms with E-state index in [4.69, 9.17) is 0 Å². The van der Waals surface area contributed by atoms with Crippen LogP contribution in [0.4, 0.5) is 0 Å². The van der Waals surface area contributed by atoms with Gasteiger partial charge in [0.15, 0.2) is 0 Å². The summed E-state index contributed by atoms with van der Waals surface area (Å²) < 4.78 is 0. The van der Waals surface area contributed by atoms with Crippen LogP contribution in [0.2, 0.25) is 0 Å². The normalized spacial score (nSPS) is 29.2. The molecular weight excluding hydrogens is 228 g/mol. The molecular formula is C14H16N2O2. The Balaban J connectivity index is 2.10. The molecule has 2 heterocycles. The highest BCUT2D eigenvalue weighted by atomic mass is 16.2. The molecule has 94 valence electrons. The van der Waals surface area contributed by atoms with Gasteiger partial charge in [-0.3, -0.25) is 14.5 Å². The van der Waals surface area contributed by atoms with Crippen molar-refractivity contribution in [1.29, 1.82) is 0 Å². The third-order valence-corrected chi connectivity index (χ3v) is 3.99. The van der Waals surface area contributed by atoms with Crippen molar-refractivity contribution in [3.63, 3.8) is 0 Å². The second kappa shape index (κ2) is 3.57. The summed E-state index contributed by atoms with van der Waals surface area (Å²) in [5, 5.41) is 2.94. The largest absolute Gasteiger partial charge is 0.330 e. The fourth-order valence-electron chi connectivity index (χ4n) is 3.08. The van der Waals surface area contributed by atoms with Gasteiger partial charge in [-0.2, -0.15) is 0 Å². The first-order valence-corrected chi connectivity index (χ1v) is 6.33. The van der Waals surface area contributed by atoms with Crippen LogP contribution in [0.1, 0.15) is 48.8 Å². The van der Waals surface area contributed by atoms with E-state index in [0.717, 1.165) is 12.0 Å². The molecule has 2 atom stereocenters. The minimum atomic E-state index is -0.713. The summed E-state index contributed by atoms with van der Waals surface area (Å²) in [4.78, 5) is 26.3. The number of amides is 2. The number of nitrogens with one attached hydrogen (secondary N) is 1. The van der Waals surface area contributed by atoms with Gasteiger partial charge in [-0.25, -0.2) is 0 Å². The number of carbonyl (C=O) groups excluding carboxylic acids is 2. The molecule has 0 aliphatic carbocycles. The van der Waals surface area contributed by atoms with Gasteiger partial charge >= 0.3 is 0 Å². The van der Waals surface area contributed by atoms with Crippen LogP contribution in [0.25, 0.3) is 0 Å². The van der Waals surface area contributed by atoms with E-state index in [9.17, 15) is 9.59 Å². The summed E-state index contributed by atoms with van der Waals surface area (Å²) in [6, 6.07) is 7.50. The fourth-order valence-corrected chi connectivity index (χ4v) is 3.08. The number of hydrogen-bond acceptors (Lipinski definition) is 2. The van der Waals surface area contributed by atoms with E-state index in [-0.39, 0.29) is 18.0 Å². The van der Waals surface area contributed by atoms with Crippen LogP contribution in [0, 0.1) is 0 Å². The van der Waals surface area contributed by atoms with E-state index >= 15 is 0 Å². The maximum Gasteiger partial charge on any atom is 0.257 e. The van der Waals surface area contributed by atoms with Crippen molar-refractivity contribution in [2.24, 2.45) is 0 Å². The summed E-state index contributed by atoms with van der Waals surface area (Å²) in [7, 11) is 0. The van der Waals surface area contributed by atoms with E-state index in [1.54, 1.807) is 4.90 Å². The SMILES string of the molecule is CCCC1(C)C(=O)NC2c3ccccc3C(=O)N21. The Morgan fingerprint density at radius 3 is 2.78 bits per heavy atom. The Bertz CT molecular complexity index is 540. The van der Waals surface area contributed by atoms with Crippen molar-refractivity contribution in [2.75, 3.05) is 0 Å². The molecule has 0 bridgehead atoms. The minimum Gasteiger partial charge on any atom is -0.330 e. The zero-order chi connectivity index (χ0) is 12.9. The molecule has 1 fully saturated rings. The lowest BCUT2D eigenvalue weighted by atomic mass is 9.94. The number of rotatable bonds is 2. The monoisotopic (exact) mass is 244 g/mol. The molecule has 2 aliphatic heterocycles. The molecule has 2 unspecified atom stereocenters. The number of fused-ring (bicyclic) bond motifs is 3. The van der Waals surface area contributed by atoms with E-state index in [0.29, 0.717) is 12.0 Å². The van der Waals surface area contributed by atoms with E-state index in [2.05, 4.69) is 5.32 Å². The van der Waals surface area contributed by atoms with Crippen LogP contribution in [-0.2, 0) is 4.79 Å². The molecule has 3 rings (SSSR count). The molecule has 1 aromatic rings. The van der Waals surface area contributed by atoms with Crippen molar-refractivity contribution < 1.29 is 9.59 Å². The molecule has 0 radical (unpaired) electrons. The summed E-state index contributed by atoms with van der Waals surface area (Å²) in [6.07, 6.45) is 1.28. The predicted molar refractivity (Wildman–Crippen MR) is 66.8 cm³/mol. The maximum atomic E-state index is 12.4. The second-order valence-corrected chi connectivity index (χ2v) is 5.16. The third kappa shape index (κ3) is 1.20. The molecule has 1 aromatic carbocycles. The van der Waals surface area contributed by atoms with Crippen LogP contribution in [0.15, 0.2) is 24.3 Å². The summed E-state index contributed by atoms with van der Waals surface area (Å²) in [6.45, 7) is 3.88. The van der Waals surface area contributed by atoms with Crippen molar-refractivity contribution in [2.45, 2.75) is 38.4 Å². The lowest BCUT2D eigenvalue weighted by Crippen LogP contribution is -2.47. The zero-order valence-corrected chi connectivity index (χ0v) is 10.6. The number of carbonyl (C=O) groups is 2. The van der Waals surface area contributed by atoms with Crippen molar-refractivity contribution in [3.8, 4) is 0 Å². The summed E-state index contributed by atoms with van der Waals surface area (Å²) >= 11 is 0. The lowest BCUT2D eigenvalue weighted by molar-refractivity contribution is -0.125. The van der Waals surface area contributed by atoms with Gasteiger partial charge in [0.25, 0.3) is 5.91 Å². The molecule has 2 aliphatic rings. The number of nitrogens with zero attached hydrogens (tertiary/aromatic N) is 1. The quantitative estimate of drug-likeness (QED) is 0.862. The molecule has 4 nitrogen and oxygen atoms in total. The van der Waals surface area contributed by atoms with Gasteiger partial charge in [0.1, 0.15) is 11.7 Å². The number of benzene rings is 1. The Kier molecular flexibility index (Phi) is 2.24. The van der Waals surface area contributed by atoms with Crippen LogP contribution >= 0.6 is 0 Å².